The molecule has 2 aromatic carbocycles. The quantitative estimate of drug-likeness (QED) is 0.648. The minimum atomic E-state index is -4.02. The predicted molar refractivity (Wildman–Crippen MR) is 98.9 cm³/mol. The van der Waals surface area contributed by atoms with Gasteiger partial charge in [0, 0.05) is 13.2 Å². The highest BCUT2D eigenvalue weighted by atomic mass is 35.5. The number of anilines is 1. The van der Waals surface area contributed by atoms with Gasteiger partial charge in [-0.25, -0.2) is 13.2 Å². The van der Waals surface area contributed by atoms with Crippen molar-refractivity contribution in [2.24, 2.45) is 7.05 Å². The monoisotopic (exact) mass is 407 g/mol. The molecule has 3 aromatic rings. The Bertz CT molecular complexity index is 1090. The lowest BCUT2D eigenvalue weighted by molar-refractivity contribution is 0.0698. The molecule has 2 N–H and O–H groups in total. The Morgan fingerprint density at radius 2 is 1.85 bits per heavy atom. The van der Waals surface area contributed by atoms with E-state index in [1.165, 1.54) is 42.2 Å². The molecule has 1 heterocycles. The number of rotatable bonds is 6. The van der Waals surface area contributed by atoms with Crippen LogP contribution in [0, 0.1) is 0 Å². The zero-order valence-electron chi connectivity index (χ0n) is 14.0. The lowest BCUT2D eigenvalue weighted by atomic mass is 10.3. The Morgan fingerprint density at radius 3 is 2.48 bits per heavy atom. The fourth-order valence-corrected chi connectivity index (χ4v) is 3.44. The summed E-state index contributed by atoms with van der Waals surface area (Å²) < 4.78 is 34.0. The van der Waals surface area contributed by atoms with Crippen LogP contribution in [0.2, 0.25) is 5.02 Å². The van der Waals surface area contributed by atoms with Gasteiger partial charge in [0.05, 0.1) is 9.92 Å². The fourth-order valence-electron chi connectivity index (χ4n) is 2.25. The third-order valence-electron chi connectivity index (χ3n) is 3.49. The standard InChI is InChI=1S/C17H14ClN3O5S/c1-21-10-13(17(22)23)16(19-21)20-27(24,25)12-8-6-11(7-9-12)26-15-5-3-2-4-14(15)18/h2-10H,1H3,(H,19,20)(H,22,23). The molecule has 0 bridgehead atoms. The number of ether oxygens (including phenoxy) is 1. The number of hydrogen-bond donors (Lipinski definition) is 2. The number of halogens is 1. The number of para-hydroxylation sites is 1. The van der Waals surface area contributed by atoms with Crippen molar-refractivity contribution in [1.29, 1.82) is 0 Å². The molecule has 1 aromatic heterocycles. The Hall–Kier alpha value is -3.04. The van der Waals surface area contributed by atoms with Gasteiger partial charge in [0.1, 0.15) is 17.1 Å². The fraction of sp³-hybridized carbons (Fsp3) is 0.0588. The molecule has 0 aliphatic rings. The Balaban J connectivity index is 1.82. The first-order valence-corrected chi connectivity index (χ1v) is 9.44. The molecule has 3 rings (SSSR count). The number of aryl methyl sites for hydroxylation is 1. The highest BCUT2D eigenvalue weighted by Crippen LogP contribution is 2.29. The van der Waals surface area contributed by atoms with E-state index in [9.17, 15) is 13.2 Å². The van der Waals surface area contributed by atoms with Crippen LogP contribution >= 0.6 is 11.6 Å². The summed E-state index contributed by atoms with van der Waals surface area (Å²) in [5.41, 5.74) is -0.250. The number of hydrogen-bond acceptors (Lipinski definition) is 5. The summed E-state index contributed by atoms with van der Waals surface area (Å²) in [7, 11) is -2.53. The first kappa shape index (κ1) is 18.7. The van der Waals surface area contributed by atoms with E-state index in [1.807, 2.05) is 0 Å². The van der Waals surface area contributed by atoms with Crippen LogP contribution in [0.15, 0.2) is 59.6 Å². The van der Waals surface area contributed by atoms with Crippen molar-refractivity contribution >= 4 is 33.4 Å². The van der Waals surface area contributed by atoms with Crippen LogP contribution in [0.25, 0.3) is 0 Å². The highest BCUT2D eigenvalue weighted by Gasteiger charge is 2.21. The van der Waals surface area contributed by atoms with Crippen molar-refractivity contribution in [2.45, 2.75) is 4.90 Å². The van der Waals surface area contributed by atoms with Gasteiger partial charge < -0.3 is 9.84 Å². The van der Waals surface area contributed by atoms with Crippen molar-refractivity contribution in [3.05, 3.63) is 65.3 Å². The molecule has 0 atom stereocenters. The molecule has 140 valence electrons. The average Bonchev–Trinajstić information content (AvgIpc) is 2.97. The van der Waals surface area contributed by atoms with Crippen molar-refractivity contribution in [2.75, 3.05) is 4.72 Å². The zero-order valence-corrected chi connectivity index (χ0v) is 15.5. The van der Waals surface area contributed by atoms with Crippen molar-refractivity contribution in [3.8, 4) is 11.5 Å². The van der Waals surface area contributed by atoms with E-state index in [2.05, 4.69) is 9.82 Å². The van der Waals surface area contributed by atoms with E-state index in [-0.39, 0.29) is 16.3 Å². The first-order valence-electron chi connectivity index (χ1n) is 7.58. The summed E-state index contributed by atoms with van der Waals surface area (Å²) in [5.74, 6) is -0.718. The first-order chi connectivity index (χ1) is 12.8. The third-order valence-corrected chi connectivity index (χ3v) is 5.16. The Kier molecular flexibility index (Phi) is 5.06. The number of benzene rings is 2. The number of nitrogens with zero attached hydrogens (tertiary/aromatic N) is 2. The molecule has 0 saturated heterocycles. The number of carbonyl (C=O) groups is 1. The molecule has 10 heteroatoms. The summed E-state index contributed by atoms with van der Waals surface area (Å²) in [6, 6.07) is 12.5. The Morgan fingerprint density at radius 1 is 1.19 bits per heavy atom. The van der Waals surface area contributed by atoms with E-state index < -0.39 is 16.0 Å². The molecule has 0 aliphatic heterocycles. The Labute approximate surface area is 160 Å². The van der Waals surface area contributed by atoms with Crippen molar-refractivity contribution < 1.29 is 23.1 Å². The van der Waals surface area contributed by atoms with Crippen molar-refractivity contribution in [1.82, 2.24) is 9.78 Å². The predicted octanol–water partition coefficient (Wildman–Crippen LogP) is 3.36. The van der Waals surface area contributed by atoms with Crippen LogP contribution in [-0.2, 0) is 17.1 Å². The molecule has 0 saturated carbocycles. The van der Waals surface area contributed by atoms with Gasteiger partial charge in [0.25, 0.3) is 10.0 Å². The molecule has 0 radical (unpaired) electrons. The second-order valence-corrected chi connectivity index (χ2v) is 7.57. The summed E-state index contributed by atoms with van der Waals surface area (Å²) in [5, 5.41) is 13.4. The molecule has 0 fully saturated rings. The number of carboxylic acids is 1. The number of carboxylic acid groups (broad SMARTS) is 1. The smallest absolute Gasteiger partial charge is 0.341 e. The SMILES string of the molecule is Cn1cc(C(=O)O)c(NS(=O)(=O)c2ccc(Oc3ccccc3Cl)cc2)n1. The highest BCUT2D eigenvalue weighted by molar-refractivity contribution is 7.92. The number of aromatic carboxylic acids is 1. The van der Waals surface area contributed by atoms with Gasteiger partial charge in [-0.1, -0.05) is 23.7 Å². The molecule has 8 nitrogen and oxygen atoms in total. The van der Waals surface area contributed by atoms with Crippen molar-refractivity contribution in [3.63, 3.8) is 0 Å². The second-order valence-electron chi connectivity index (χ2n) is 5.48. The van der Waals surface area contributed by atoms with Crippen LogP contribution in [0.5, 0.6) is 11.5 Å². The topological polar surface area (TPSA) is 111 Å². The van der Waals surface area contributed by atoms with Crippen LogP contribution in [0.1, 0.15) is 10.4 Å². The molecule has 0 unspecified atom stereocenters. The molecule has 0 spiro atoms. The number of sulfonamides is 1. The van der Waals surface area contributed by atoms with Crippen LogP contribution in [0.4, 0.5) is 5.82 Å². The van der Waals surface area contributed by atoms with E-state index in [4.69, 9.17) is 21.4 Å². The van der Waals surface area contributed by atoms with Gasteiger partial charge in [-0.05, 0) is 36.4 Å². The summed E-state index contributed by atoms with van der Waals surface area (Å²) in [6.07, 6.45) is 1.21. The lowest BCUT2D eigenvalue weighted by Crippen LogP contribution is -2.15. The van der Waals surface area contributed by atoms with Gasteiger partial charge in [-0.15, -0.1) is 0 Å². The van der Waals surface area contributed by atoms with Crippen LogP contribution in [-0.4, -0.2) is 29.3 Å². The maximum absolute atomic E-state index is 12.5. The van der Waals surface area contributed by atoms with Crippen LogP contribution < -0.4 is 9.46 Å². The van der Waals surface area contributed by atoms with Gasteiger partial charge in [-0.3, -0.25) is 9.40 Å². The van der Waals surface area contributed by atoms with Gasteiger partial charge in [0.15, 0.2) is 5.82 Å². The van der Waals surface area contributed by atoms with Gasteiger partial charge >= 0.3 is 5.97 Å². The largest absolute Gasteiger partial charge is 0.477 e. The summed E-state index contributed by atoms with van der Waals surface area (Å²) >= 11 is 6.02. The summed E-state index contributed by atoms with van der Waals surface area (Å²) in [6.45, 7) is 0. The van der Waals surface area contributed by atoms with Gasteiger partial charge in [-0.2, -0.15) is 5.10 Å². The van der Waals surface area contributed by atoms with E-state index >= 15 is 0 Å². The zero-order chi connectivity index (χ0) is 19.6. The molecule has 0 amide bonds. The lowest BCUT2D eigenvalue weighted by Gasteiger charge is -2.09. The molecule has 0 aliphatic carbocycles. The number of nitrogens with one attached hydrogen (secondary N) is 1. The molecular formula is C17H14ClN3O5S. The maximum Gasteiger partial charge on any atom is 0.341 e. The van der Waals surface area contributed by atoms with Gasteiger partial charge in [0.2, 0.25) is 0 Å². The molecular weight excluding hydrogens is 394 g/mol. The second kappa shape index (κ2) is 7.29. The summed E-state index contributed by atoms with van der Waals surface area (Å²) in [4.78, 5) is 11.1. The van der Waals surface area contributed by atoms with E-state index in [0.29, 0.717) is 16.5 Å². The average molecular weight is 408 g/mol. The normalized spacial score (nSPS) is 11.2. The van der Waals surface area contributed by atoms with E-state index in [1.54, 1.807) is 24.3 Å². The van der Waals surface area contributed by atoms with Crippen LogP contribution in [0.3, 0.4) is 0 Å². The minimum Gasteiger partial charge on any atom is -0.477 e. The van der Waals surface area contributed by atoms with E-state index in [0.717, 1.165) is 0 Å². The maximum atomic E-state index is 12.5. The molecule has 27 heavy (non-hydrogen) atoms. The third kappa shape index (κ3) is 4.21. The minimum absolute atomic E-state index is 0.0731. The number of aromatic nitrogens is 2.